The third-order valence-electron chi connectivity index (χ3n) is 2.43. The van der Waals surface area contributed by atoms with Crippen molar-refractivity contribution < 1.29 is 17.9 Å². The number of halogens is 3. The zero-order chi connectivity index (χ0) is 13.6. The van der Waals surface area contributed by atoms with E-state index in [0.717, 1.165) is 5.56 Å². The van der Waals surface area contributed by atoms with E-state index in [9.17, 15) is 13.2 Å². The van der Waals surface area contributed by atoms with Crippen LogP contribution in [-0.4, -0.2) is 31.4 Å². The van der Waals surface area contributed by atoms with E-state index in [0.29, 0.717) is 12.1 Å². The van der Waals surface area contributed by atoms with Gasteiger partial charge in [-0.25, -0.2) is 0 Å². The number of rotatable bonds is 6. The maximum Gasteiger partial charge on any atom is 0.411 e. The Bertz CT molecular complexity index is 371. The van der Waals surface area contributed by atoms with Crippen LogP contribution in [0.4, 0.5) is 18.9 Å². The van der Waals surface area contributed by atoms with Crippen molar-refractivity contribution in [3.05, 3.63) is 24.0 Å². The molecular weight excluding hydrogens is 247 g/mol. The average Bonchev–Trinajstić information content (AvgIpc) is 2.29. The Kier molecular flexibility index (Phi) is 5.36. The van der Waals surface area contributed by atoms with Crippen molar-refractivity contribution in [1.82, 2.24) is 10.3 Å². The molecular formula is C11H16F3N3O. The predicted octanol–water partition coefficient (Wildman–Crippen LogP) is 1.89. The molecule has 7 heteroatoms. The summed E-state index contributed by atoms with van der Waals surface area (Å²) < 4.78 is 40.2. The summed E-state index contributed by atoms with van der Waals surface area (Å²) in [6, 6.07) is 1.47. The summed E-state index contributed by atoms with van der Waals surface area (Å²) >= 11 is 0. The second kappa shape index (κ2) is 6.55. The highest BCUT2D eigenvalue weighted by molar-refractivity contribution is 5.46. The lowest BCUT2D eigenvalue weighted by Gasteiger charge is -2.18. The number of hydrogen-bond donors (Lipinski definition) is 2. The maximum absolute atomic E-state index is 11.9. The fraction of sp³-hybridized carbons (Fsp3) is 0.545. The summed E-state index contributed by atoms with van der Waals surface area (Å²) in [6.07, 6.45) is -0.739. The monoisotopic (exact) mass is 263 g/mol. The zero-order valence-electron chi connectivity index (χ0n) is 10.00. The molecule has 3 N–H and O–H groups in total. The molecule has 0 saturated heterocycles. The van der Waals surface area contributed by atoms with Gasteiger partial charge < -0.3 is 15.8 Å². The summed E-state index contributed by atoms with van der Waals surface area (Å²) in [5.41, 5.74) is 7.09. The number of alkyl halides is 3. The summed E-state index contributed by atoms with van der Waals surface area (Å²) in [7, 11) is 1.71. The molecule has 1 unspecified atom stereocenters. The van der Waals surface area contributed by atoms with Gasteiger partial charge in [-0.2, -0.15) is 13.2 Å². The van der Waals surface area contributed by atoms with Crippen molar-refractivity contribution in [3.8, 4) is 0 Å². The van der Waals surface area contributed by atoms with Gasteiger partial charge in [0, 0.05) is 36.3 Å². The first-order valence-electron chi connectivity index (χ1n) is 5.45. The number of aromatic nitrogens is 1. The molecule has 1 rings (SSSR count). The summed E-state index contributed by atoms with van der Waals surface area (Å²) in [6.45, 7) is -1.23. The van der Waals surface area contributed by atoms with Crippen LogP contribution in [0.15, 0.2) is 18.5 Å². The highest BCUT2D eigenvalue weighted by Crippen LogP contribution is 2.22. The topological polar surface area (TPSA) is 60.2 Å². The van der Waals surface area contributed by atoms with Gasteiger partial charge in [-0.1, -0.05) is 0 Å². The van der Waals surface area contributed by atoms with Crippen molar-refractivity contribution in [3.63, 3.8) is 0 Å². The van der Waals surface area contributed by atoms with Crippen LogP contribution in [-0.2, 0) is 4.74 Å². The number of ether oxygens (including phenoxy) is 1. The van der Waals surface area contributed by atoms with Gasteiger partial charge in [-0.05, 0) is 19.5 Å². The number of hydrogen-bond acceptors (Lipinski definition) is 4. The minimum Gasteiger partial charge on any atom is -0.398 e. The molecule has 0 radical (unpaired) electrons. The van der Waals surface area contributed by atoms with E-state index >= 15 is 0 Å². The molecule has 0 fully saturated rings. The largest absolute Gasteiger partial charge is 0.411 e. The van der Waals surface area contributed by atoms with Gasteiger partial charge in [-0.3, -0.25) is 4.98 Å². The summed E-state index contributed by atoms with van der Waals surface area (Å²) in [5.74, 6) is 0. The third kappa shape index (κ3) is 4.89. The molecule has 1 aromatic heterocycles. The third-order valence-corrected chi connectivity index (χ3v) is 2.43. The van der Waals surface area contributed by atoms with E-state index < -0.39 is 12.8 Å². The van der Waals surface area contributed by atoms with E-state index in [1.165, 1.54) is 0 Å². The Labute approximate surface area is 103 Å². The van der Waals surface area contributed by atoms with E-state index in [-0.39, 0.29) is 12.6 Å². The zero-order valence-corrected chi connectivity index (χ0v) is 10.00. The number of pyridine rings is 1. The van der Waals surface area contributed by atoms with Crippen molar-refractivity contribution in [2.45, 2.75) is 18.6 Å². The molecule has 102 valence electrons. The fourth-order valence-electron chi connectivity index (χ4n) is 1.55. The Hall–Kier alpha value is -1.34. The van der Waals surface area contributed by atoms with Gasteiger partial charge in [0.25, 0.3) is 0 Å². The fourth-order valence-corrected chi connectivity index (χ4v) is 1.55. The molecule has 1 aromatic rings. The molecule has 18 heavy (non-hydrogen) atoms. The van der Waals surface area contributed by atoms with Crippen LogP contribution in [0.1, 0.15) is 18.0 Å². The normalized spacial score (nSPS) is 13.6. The average molecular weight is 263 g/mol. The number of anilines is 1. The molecule has 0 aromatic carbocycles. The highest BCUT2D eigenvalue weighted by atomic mass is 19.4. The SMILES string of the molecule is CNC(CCOCC(F)(F)F)c1cnccc1N. The maximum atomic E-state index is 11.9. The molecule has 1 heterocycles. The van der Waals surface area contributed by atoms with Crippen molar-refractivity contribution in [2.24, 2.45) is 0 Å². The van der Waals surface area contributed by atoms with E-state index in [4.69, 9.17) is 5.73 Å². The molecule has 0 amide bonds. The van der Waals surface area contributed by atoms with Gasteiger partial charge in [0.15, 0.2) is 0 Å². The van der Waals surface area contributed by atoms with Crippen LogP contribution in [0, 0.1) is 0 Å². The Morgan fingerprint density at radius 2 is 2.22 bits per heavy atom. The van der Waals surface area contributed by atoms with Crippen LogP contribution >= 0.6 is 0 Å². The second-order valence-electron chi connectivity index (χ2n) is 3.80. The Morgan fingerprint density at radius 1 is 1.50 bits per heavy atom. The van der Waals surface area contributed by atoms with E-state index in [2.05, 4.69) is 15.0 Å². The molecule has 1 atom stereocenters. The molecule has 0 saturated carbocycles. The highest BCUT2D eigenvalue weighted by Gasteiger charge is 2.27. The van der Waals surface area contributed by atoms with Gasteiger partial charge in [0.2, 0.25) is 0 Å². The lowest BCUT2D eigenvalue weighted by molar-refractivity contribution is -0.174. The first-order valence-corrected chi connectivity index (χ1v) is 5.45. The van der Waals surface area contributed by atoms with Crippen LogP contribution in [0.2, 0.25) is 0 Å². The van der Waals surface area contributed by atoms with Crippen molar-refractivity contribution in [1.29, 1.82) is 0 Å². The smallest absolute Gasteiger partial charge is 0.398 e. The van der Waals surface area contributed by atoms with Gasteiger partial charge >= 0.3 is 6.18 Å². The van der Waals surface area contributed by atoms with Gasteiger partial charge in [0.1, 0.15) is 6.61 Å². The molecule has 0 aliphatic heterocycles. The van der Waals surface area contributed by atoms with Gasteiger partial charge in [0.05, 0.1) is 0 Å². The standard InChI is InChI=1S/C11H16F3N3O/c1-16-10(3-5-18-7-11(12,13)14)8-6-17-4-2-9(8)15/h2,4,6,10,16H,3,5,7H2,1H3,(H2,15,17). The van der Waals surface area contributed by atoms with Crippen LogP contribution in [0.3, 0.4) is 0 Å². The van der Waals surface area contributed by atoms with Crippen LogP contribution in [0.25, 0.3) is 0 Å². The summed E-state index contributed by atoms with van der Waals surface area (Å²) in [5, 5.41) is 2.98. The minimum absolute atomic E-state index is 0.000644. The number of nitrogen functional groups attached to an aromatic ring is 1. The Balaban J connectivity index is 2.46. The van der Waals surface area contributed by atoms with Crippen molar-refractivity contribution >= 4 is 5.69 Å². The summed E-state index contributed by atoms with van der Waals surface area (Å²) in [4.78, 5) is 3.94. The van der Waals surface area contributed by atoms with Crippen LogP contribution in [0.5, 0.6) is 0 Å². The second-order valence-corrected chi connectivity index (χ2v) is 3.80. The van der Waals surface area contributed by atoms with Crippen LogP contribution < -0.4 is 11.1 Å². The number of nitrogens with zero attached hydrogens (tertiary/aromatic N) is 1. The van der Waals surface area contributed by atoms with Crippen molar-refractivity contribution in [2.75, 3.05) is 26.0 Å². The molecule has 0 bridgehead atoms. The minimum atomic E-state index is -4.29. The van der Waals surface area contributed by atoms with E-state index in [1.54, 1.807) is 25.5 Å². The van der Waals surface area contributed by atoms with E-state index in [1.807, 2.05) is 0 Å². The molecule has 0 aliphatic carbocycles. The lowest BCUT2D eigenvalue weighted by atomic mass is 10.1. The lowest BCUT2D eigenvalue weighted by Crippen LogP contribution is -2.22. The number of nitrogens with two attached hydrogens (primary N) is 1. The first-order chi connectivity index (χ1) is 8.44. The Morgan fingerprint density at radius 3 is 2.78 bits per heavy atom. The number of nitrogens with one attached hydrogen (secondary N) is 1. The predicted molar refractivity (Wildman–Crippen MR) is 61.9 cm³/mol. The van der Waals surface area contributed by atoms with Gasteiger partial charge in [-0.15, -0.1) is 0 Å². The molecule has 0 spiro atoms. The molecule has 0 aliphatic rings. The molecule has 4 nitrogen and oxygen atoms in total. The first kappa shape index (κ1) is 14.7. The quantitative estimate of drug-likeness (QED) is 0.769.